The second-order valence-corrected chi connectivity index (χ2v) is 6.60. The van der Waals surface area contributed by atoms with Gasteiger partial charge in [0.05, 0.1) is 16.6 Å². The minimum atomic E-state index is -4.49. The Morgan fingerprint density at radius 1 is 1.00 bits per heavy atom. The Labute approximate surface area is 149 Å². The monoisotopic (exact) mass is 385 g/mol. The number of hydrogen-bond donors (Lipinski definition) is 1. The summed E-state index contributed by atoms with van der Waals surface area (Å²) in [6.45, 7) is 0.167. The van der Waals surface area contributed by atoms with Crippen molar-refractivity contribution in [1.29, 1.82) is 0 Å². The normalized spacial score (nSPS) is 20.1. The first kappa shape index (κ1) is 17.8. The zero-order valence-electron chi connectivity index (χ0n) is 13.7. The highest BCUT2D eigenvalue weighted by Crippen LogP contribution is 2.35. The number of nitrogens with two attached hydrogens (primary N) is 1. The van der Waals surface area contributed by atoms with Crippen LogP contribution in [-0.4, -0.2) is 15.6 Å². The molecule has 2 heterocycles. The quantitative estimate of drug-likeness (QED) is 0.506. The second-order valence-electron chi connectivity index (χ2n) is 6.60. The van der Waals surface area contributed by atoms with Crippen molar-refractivity contribution >= 4 is 11.0 Å². The van der Waals surface area contributed by atoms with E-state index in [0.717, 1.165) is 18.2 Å². The smallest absolute Gasteiger partial charge is 0.326 e. The van der Waals surface area contributed by atoms with Gasteiger partial charge in [0.1, 0.15) is 11.6 Å². The van der Waals surface area contributed by atoms with Gasteiger partial charge >= 0.3 is 6.18 Å². The average Bonchev–Trinajstić information content (AvgIpc) is 2.93. The highest BCUT2D eigenvalue weighted by Gasteiger charge is 2.34. The SMILES string of the molecule is N[C@H]1Cn2c(nc3cc(C(F)(F)F)ccc32)CC1c1cc(F)c(F)cc1F. The van der Waals surface area contributed by atoms with E-state index < -0.39 is 41.2 Å². The Morgan fingerprint density at radius 2 is 1.70 bits per heavy atom. The number of fused-ring (bicyclic) bond motifs is 3. The predicted molar refractivity (Wildman–Crippen MR) is 85.5 cm³/mol. The van der Waals surface area contributed by atoms with Crippen LogP contribution in [0.2, 0.25) is 0 Å². The molecule has 2 atom stereocenters. The average molecular weight is 385 g/mol. The molecule has 0 saturated carbocycles. The van der Waals surface area contributed by atoms with Gasteiger partial charge in [-0.2, -0.15) is 13.2 Å². The maximum Gasteiger partial charge on any atom is 0.416 e. The molecular formula is C18H13F6N3. The maximum atomic E-state index is 14.1. The third-order valence-electron chi connectivity index (χ3n) is 4.91. The van der Waals surface area contributed by atoms with E-state index in [9.17, 15) is 26.3 Å². The van der Waals surface area contributed by atoms with E-state index in [-0.39, 0.29) is 24.0 Å². The van der Waals surface area contributed by atoms with Crippen molar-refractivity contribution < 1.29 is 26.3 Å². The van der Waals surface area contributed by atoms with Crippen LogP contribution in [0.4, 0.5) is 26.3 Å². The fraction of sp³-hybridized carbons (Fsp3) is 0.278. The van der Waals surface area contributed by atoms with Gasteiger partial charge in [0.15, 0.2) is 11.6 Å². The van der Waals surface area contributed by atoms with E-state index >= 15 is 0 Å². The van der Waals surface area contributed by atoms with Crippen LogP contribution in [0, 0.1) is 17.5 Å². The van der Waals surface area contributed by atoms with Gasteiger partial charge in [0.25, 0.3) is 0 Å². The molecule has 0 radical (unpaired) electrons. The lowest BCUT2D eigenvalue weighted by atomic mass is 9.86. The summed E-state index contributed by atoms with van der Waals surface area (Å²) in [4.78, 5) is 4.22. The van der Waals surface area contributed by atoms with Crippen molar-refractivity contribution in [2.75, 3.05) is 0 Å². The second kappa shape index (κ2) is 5.98. The molecule has 1 aromatic heterocycles. The van der Waals surface area contributed by atoms with Gasteiger partial charge in [-0.05, 0) is 29.8 Å². The molecule has 27 heavy (non-hydrogen) atoms. The number of nitrogens with zero attached hydrogens (tertiary/aromatic N) is 2. The first-order valence-electron chi connectivity index (χ1n) is 8.11. The van der Waals surface area contributed by atoms with Crippen LogP contribution >= 0.6 is 0 Å². The van der Waals surface area contributed by atoms with Crippen LogP contribution in [0.1, 0.15) is 22.9 Å². The Morgan fingerprint density at radius 3 is 2.41 bits per heavy atom. The molecule has 1 aliphatic rings. The summed E-state index contributed by atoms with van der Waals surface area (Å²) in [7, 11) is 0. The topological polar surface area (TPSA) is 43.8 Å². The first-order valence-corrected chi connectivity index (χ1v) is 8.11. The van der Waals surface area contributed by atoms with Crippen LogP contribution in [0.3, 0.4) is 0 Å². The number of halogens is 6. The standard InChI is InChI=1S/C18H13F6N3/c19-11-6-13(21)12(20)4-9(11)10-5-17-26-15-3-8(18(22,23)24)1-2-16(15)27(17)7-14(10)25/h1-4,6,10,14H,5,7,25H2/t10?,14-/m0/s1. The number of benzene rings is 2. The number of rotatable bonds is 1. The summed E-state index contributed by atoms with van der Waals surface area (Å²) in [5, 5.41) is 0. The minimum absolute atomic E-state index is 0.0734. The van der Waals surface area contributed by atoms with Crippen molar-refractivity contribution in [3.63, 3.8) is 0 Å². The Bertz CT molecular complexity index is 1040. The molecule has 9 heteroatoms. The van der Waals surface area contributed by atoms with Gasteiger partial charge < -0.3 is 10.3 Å². The van der Waals surface area contributed by atoms with Crippen molar-refractivity contribution in [3.05, 3.63) is 64.7 Å². The lowest BCUT2D eigenvalue weighted by Gasteiger charge is -2.30. The van der Waals surface area contributed by atoms with Crippen LogP contribution in [0.15, 0.2) is 30.3 Å². The molecule has 1 unspecified atom stereocenters. The highest BCUT2D eigenvalue weighted by atomic mass is 19.4. The molecule has 2 N–H and O–H groups in total. The van der Waals surface area contributed by atoms with E-state index in [1.54, 1.807) is 4.57 Å². The minimum Gasteiger partial charge on any atom is -0.326 e. The molecule has 3 aromatic rings. The van der Waals surface area contributed by atoms with Gasteiger partial charge in [-0.25, -0.2) is 18.2 Å². The molecule has 0 aliphatic carbocycles. The maximum absolute atomic E-state index is 14.1. The zero-order valence-corrected chi connectivity index (χ0v) is 13.7. The summed E-state index contributed by atoms with van der Waals surface area (Å²) in [5.41, 5.74) is 5.86. The number of alkyl halides is 3. The summed E-state index contributed by atoms with van der Waals surface area (Å²) in [5.74, 6) is -3.66. The molecule has 4 rings (SSSR count). The summed E-state index contributed by atoms with van der Waals surface area (Å²) < 4.78 is 81.2. The molecule has 142 valence electrons. The Balaban J connectivity index is 1.77. The molecule has 1 aliphatic heterocycles. The van der Waals surface area contributed by atoms with Crippen molar-refractivity contribution in [3.8, 4) is 0 Å². The number of hydrogen-bond acceptors (Lipinski definition) is 2. The Kier molecular flexibility index (Phi) is 3.95. The lowest BCUT2D eigenvalue weighted by molar-refractivity contribution is -0.137. The largest absolute Gasteiger partial charge is 0.416 e. The highest BCUT2D eigenvalue weighted by molar-refractivity contribution is 5.77. The fourth-order valence-electron chi connectivity index (χ4n) is 3.56. The lowest BCUT2D eigenvalue weighted by Crippen LogP contribution is -2.39. The summed E-state index contributed by atoms with van der Waals surface area (Å²) in [6, 6.07) is 3.82. The van der Waals surface area contributed by atoms with E-state index in [0.29, 0.717) is 17.4 Å². The zero-order chi connectivity index (χ0) is 19.5. The van der Waals surface area contributed by atoms with Crippen LogP contribution < -0.4 is 5.73 Å². The summed E-state index contributed by atoms with van der Waals surface area (Å²) in [6.07, 6.45) is -4.40. The van der Waals surface area contributed by atoms with Gasteiger partial charge in [0.2, 0.25) is 0 Å². The van der Waals surface area contributed by atoms with Gasteiger partial charge in [-0.15, -0.1) is 0 Å². The third-order valence-corrected chi connectivity index (χ3v) is 4.91. The fourth-order valence-corrected chi connectivity index (χ4v) is 3.56. The van der Waals surface area contributed by atoms with Crippen molar-refractivity contribution in [2.24, 2.45) is 5.73 Å². The van der Waals surface area contributed by atoms with E-state index in [4.69, 9.17) is 5.73 Å². The molecule has 2 aromatic carbocycles. The molecule has 0 bridgehead atoms. The number of aromatic nitrogens is 2. The van der Waals surface area contributed by atoms with E-state index in [2.05, 4.69) is 4.98 Å². The molecule has 0 spiro atoms. The third kappa shape index (κ3) is 2.95. The predicted octanol–water partition coefficient (Wildman–Crippen LogP) is 4.14. The first-order chi connectivity index (χ1) is 12.6. The van der Waals surface area contributed by atoms with Crippen LogP contribution in [0.5, 0.6) is 0 Å². The Hall–Kier alpha value is -2.55. The van der Waals surface area contributed by atoms with Crippen molar-refractivity contribution in [2.45, 2.75) is 31.1 Å². The molecule has 3 nitrogen and oxygen atoms in total. The van der Waals surface area contributed by atoms with Gasteiger partial charge in [-0.1, -0.05) is 0 Å². The molecule has 0 saturated heterocycles. The number of imidazole rings is 1. The van der Waals surface area contributed by atoms with E-state index in [1.807, 2.05) is 0 Å². The van der Waals surface area contributed by atoms with E-state index in [1.165, 1.54) is 6.07 Å². The van der Waals surface area contributed by atoms with Crippen molar-refractivity contribution in [1.82, 2.24) is 9.55 Å². The molecule has 0 fully saturated rings. The van der Waals surface area contributed by atoms with Crippen LogP contribution in [-0.2, 0) is 19.1 Å². The van der Waals surface area contributed by atoms with Gasteiger partial charge in [-0.3, -0.25) is 0 Å². The molecular weight excluding hydrogens is 372 g/mol. The molecule has 0 amide bonds. The summed E-state index contributed by atoms with van der Waals surface area (Å²) >= 11 is 0. The van der Waals surface area contributed by atoms with Gasteiger partial charge in [0, 0.05) is 31.0 Å². The van der Waals surface area contributed by atoms with Crippen LogP contribution in [0.25, 0.3) is 11.0 Å².